The number of nitrogens with two attached hydrogens (primary N) is 1. The van der Waals surface area contributed by atoms with Gasteiger partial charge in [0, 0.05) is 18.7 Å². The quantitative estimate of drug-likeness (QED) is 0.787. The van der Waals surface area contributed by atoms with Crippen molar-refractivity contribution in [1.29, 1.82) is 0 Å². The summed E-state index contributed by atoms with van der Waals surface area (Å²) in [5.74, 6) is 1.11. The summed E-state index contributed by atoms with van der Waals surface area (Å²) in [6, 6.07) is 8.29. The van der Waals surface area contributed by atoms with Crippen molar-refractivity contribution in [3.8, 4) is 0 Å². The summed E-state index contributed by atoms with van der Waals surface area (Å²) >= 11 is 0. The number of hydrogen-bond donors (Lipinski definition) is 2. The molecule has 1 heterocycles. The van der Waals surface area contributed by atoms with Crippen molar-refractivity contribution in [2.75, 3.05) is 18.4 Å². The second-order valence-electron chi connectivity index (χ2n) is 3.75. The molecule has 2 rings (SSSR count). The molecule has 1 aliphatic heterocycles. The molecule has 0 aliphatic carbocycles. The van der Waals surface area contributed by atoms with Crippen LogP contribution < -0.4 is 11.1 Å². The molecular formula is C12H17N3. The van der Waals surface area contributed by atoms with Crippen molar-refractivity contribution in [3.05, 3.63) is 29.8 Å². The third-order valence-electron chi connectivity index (χ3n) is 2.58. The van der Waals surface area contributed by atoms with Crippen molar-refractivity contribution in [3.63, 3.8) is 0 Å². The number of nitrogens with one attached hydrogen (secondary N) is 1. The predicted molar refractivity (Wildman–Crippen MR) is 64.4 cm³/mol. The minimum absolute atomic E-state index is 0.686. The van der Waals surface area contributed by atoms with Crippen LogP contribution in [0.25, 0.3) is 0 Å². The van der Waals surface area contributed by atoms with Gasteiger partial charge in [0.2, 0.25) is 0 Å². The number of anilines is 1. The van der Waals surface area contributed by atoms with Gasteiger partial charge in [-0.15, -0.1) is 0 Å². The summed E-state index contributed by atoms with van der Waals surface area (Å²) in [5, 5.41) is 3.39. The third kappa shape index (κ3) is 2.57. The molecule has 3 heteroatoms. The van der Waals surface area contributed by atoms with Gasteiger partial charge in [-0.1, -0.05) is 18.2 Å². The third-order valence-corrected chi connectivity index (χ3v) is 2.58. The van der Waals surface area contributed by atoms with Gasteiger partial charge in [-0.05, 0) is 31.0 Å². The SMILES string of the molecule is NCCc1ccccc1NC1=NCCC1. The molecule has 0 atom stereocenters. The average molecular weight is 203 g/mol. The Morgan fingerprint density at radius 2 is 2.20 bits per heavy atom. The van der Waals surface area contributed by atoms with Crippen LogP contribution in [0.5, 0.6) is 0 Å². The molecule has 0 saturated carbocycles. The van der Waals surface area contributed by atoms with Crippen LogP contribution in [0.4, 0.5) is 5.69 Å². The van der Waals surface area contributed by atoms with E-state index in [1.54, 1.807) is 0 Å². The zero-order valence-corrected chi connectivity index (χ0v) is 8.87. The minimum Gasteiger partial charge on any atom is -0.344 e. The monoisotopic (exact) mass is 203 g/mol. The molecule has 0 unspecified atom stereocenters. The summed E-state index contributed by atoms with van der Waals surface area (Å²) in [5.41, 5.74) is 8.01. The molecule has 0 saturated heterocycles. The number of nitrogens with zero attached hydrogens (tertiary/aromatic N) is 1. The van der Waals surface area contributed by atoms with E-state index < -0.39 is 0 Å². The Labute approximate surface area is 90.4 Å². The number of rotatable bonds is 3. The zero-order valence-electron chi connectivity index (χ0n) is 8.87. The highest BCUT2D eigenvalue weighted by Crippen LogP contribution is 2.17. The Balaban J connectivity index is 2.12. The first-order chi connectivity index (χ1) is 7.40. The summed E-state index contributed by atoms with van der Waals surface area (Å²) in [6.07, 6.45) is 3.15. The van der Waals surface area contributed by atoms with Crippen LogP contribution >= 0.6 is 0 Å². The fraction of sp³-hybridized carbons (Fsp3) is 0.417. The van der Waals surface area contributed by atoms with Gasteiger partial charge in [0.05, 0.1) is 0 Å². The maximum Gasteiger partial charge on any atom is 0.101 e. The van der Waals surface area contributed by atoms with Crippen LogP contribution in [0.15, 0.2) is 29.3 Å². The van der Waals surface area contributed by atoms with E-state index in [9.17, 15) is 0 Å². The molecule has 0 amide bonds. The molecule has 0 radical (unpaired) electrons. The number of para-hydroxylation sites is 1. The zero-order chi connectivity index (χ0) is 10.5. The first-order valence-corrected chi connectivity index (χ1v) is 5.48. The Morgan fingerprint density at radius 3 is 2.93 bits per heavy atom. The molecule has 0 aromatic heterocycles. The van der Waals surface area contributed by atoms with E-state index in [0.717, 1.165) is 30.9 Å². The summed E-state index contributed by atoms with van der Waals surface area (Å²) < 4.78 is 0. The Hall–Kier alpha value is -1.35. The van der Waals surface area contributed by atoms with Gasteiger partial charge in [0.1, 0.15) is 5.84 Å². The van der Waals surface area contributed by atoms with Gasteiger partial charge in [0.15, 0.2) is 0 Å². The lowest BCUT2D eigenvalue weighted by molar-refractivity contribution is 0.950. The average Bonchev–Trinajstić information content (AvgIpc) is 2.74. The number of amidine groups is 1. The molecule has 1 aromatic carbocycles. The van der Waals surface area contributed by atoms with E-state index in [4.69, 9.17) is 5.73 Å². The van der Waals surface area contributed by atoms with E-state index >= 15 is 0 Å². The Bertz CT molecular complexity index is 358. The molecule has 80 valence electrons. The Morgan fingerprint density at radius 1 is 1.33 bits per heavy atom. The standard InChI is InChI=1S/C12H17N3/c13-8-7-10-4-1-2-5-11(10)15-12-6-3-9-14-12/h1-2,4-5H,3,6-9,13H2,(H,14,15). The summed E-state index contributed by atoms with van der Waals surface area (Å²) in [6.45, 7) is 1.65. The number of aliphatic imine (C=N–C) groups is 1. The minimum atomic E-state index is 0.686. The molecule has 1 aliphatic rings. The van der Waals surface area contributed by atoms with Crippen molar-refractivity contribution in [1.82, 2.24) is 0 Å². The molecule has 1 aromatic rings. The van der Waals surface area contributed by atoms with Gasteiger partial charge in [-0.2, -0.15) is 0 Å². The second kappa shape index (κ2) is 4.94. The van der Waals surface area contributed by atoms with Crippen molar-refractivity contribution >= 4 is 11.5 Å². The van der Waals surface area contributed by atoms with Crippen molar-refractivity contribution in [2.45, 2.75) is 19.3 Å². The lowest BCUT2D eigenvalue weighted by atomic mass is 10.1. The number of hydrogen-bond acceptors (Lipinski definition) is 3. The van der Waals surface area contributed by atoms with Crippen LogP contribution in [0.2, 0.25) is 0 Å². The van der Waals surface area contributed by atoms with Gasteiger partial charge in [-0.25, -0.2) is 0 Å². The van der Waals surface area contributed by atoms with Crippen LogP contribution in [0.1, 0.15) is 18.4 Å². The number of benzene rings is 1. The predicted octanol–water partition coefficient (Wildman–Crippen LogP) is 1.79. The first kappa shape index (κ1) is 10.2. The topological polar surface area (TPSA) is 50.4 Å². The van der Waals surface area contributed by atoms with E-state index in [1.807, 2.05) is 12.1 Å². The molecule has 0 fully saturated rings. The van der Waals surface area contributed by atoms with E-state index in [1.165, 1.54) is 12.0 Å². The van der Waals surface area contributed by atoms with Gasteiger partial charge < -0.3 is 11.1 Å². The lowest BCUT2D eigenvalue weighted by Crippen LogP contribution is -2.12. The maximum atomic E-state index is 5.58. The Kier molecular flexibility index (Phi) is 3.35. The second-order valence-corrected chi connectivity index (χ2v) is 3.75. The molecule has 3 nitrogen and oxygen atoms in total. The van der Waals surface area contributed by atoms with Gasteiger partial charge in [0.25, 0.3) is 0 Å². The highest BCUT2D eigenvalue weighted by molar-refractivity contribution is 5.96. The molecule has 15 heavy (non-hydrogen) atoms. The van der Waals surface area contributed by atoms with E-state index in [0.29, 0.717) is 6.54 Å². The molecule has 0 bridgehead atoms. The lowest BCUT2D eigenvalue weighted by Gasteiger charge is -2.10. The summed E-state index contributed by atoms with van der Waals surface area (Å²) in [7, 11) is 0. The van der Waals surface area contributed by atoms with Crippen LogP contribution in [-0.2, 0) is 6.42 Å². The van der Waals surface area contributed by atoms with E-state index in [2.05, 4.69) is 22.4 Å². The molecule has 0 spiro atoms. The first-order valence-electron chi connectivity index (χ1n) is 5.48. The maximum absolute atomic E-state index is 5.58. The van der Waals surface area contributed by atoms with Crippen LogP contribution in [-0.4, -0.2) is 18.9 Å². The van der Waals surface area contributed by atoms with Crippen molar-refractivity contribution in [2.24, 2.45) is 10.7 Å². The van der Waals surface area contributed by atoms with Crippen LogP contribution in [0.3, 0.4) is 0 Å². The fourth-order valence-corrected chi connectivity index (χ4v) is 1.81. The molecular weight excluding hydrogens is 186 g/mol. The largest absolute Gasteiger partial charge is 0.344 e. The fourth-order valence-electron chi connectivity index (χ4n) is 1.81. The highest BCUT2D eigenvalue weighted by Gasteiger charge is 2.07. The van der Waals surface area contributed by atoms with Gasteiger partial charge in [-0.3, -0.25) is 4.99 Å². The smallest absolute Gasteiger partial charge is 0.101 e. The molecule has 3 N–H and O–H groups in total. The van der Waals surface area contributed by atoms with E-state index in [-0.39, 0.29) is 0 Å². The summed E-state index contributed by atoms with van der Waals surface area (Å²) in [4.78, 5) is 4.41. The van der Waals surface area contributed by atoms with Crippen molar-refractivity contribution < 1.29 is 0 Å². The normalized spacial score (nSPS) is 15.1. The highest BCUT2D eigenvalue weighted by atomic mass is 15.0. The van der Waals surface area contributed by atoms with Crippen LogP contribution in [0, 0.1) is 0 Å². The van der Waals surface area contributed by atoms with Gasteiger partial charge >= 0.3 is 0 Å².